The van der Waals surface area contributed by atoms with Gasteiger partial charge in [-0.25, -0.2) is 0 Å². The molecule has 2 saturated heterocycles. The molecule has 2 amide bonds. The lowest BCUT2D eigenvalue weighted by atomic mass is 9.92. The molecule has 4 rings (SSSR count). The van der Waals surface area contributed by atoms with Crippen LogP contribution in [0.1, 0.15) is 37.0 Å². The molecule has 164 valence electrons. The van der Waals surface area contributed by atoms with Crippen LogP contribution in [-0.2, 0) is 16.1 Å². The van der Waals surface area contributed by atoms with Crippen molar-refractivity contribution in [2.45, 2.75) is 38.3 Å². The van der Waals surface area contributed by atoms with E-state index in [4.69, 9.17) is 4.42 Å². The number of carbonyl (C=O) groups is 2. The van der Waals surface area contributed by atoms with E-state index in [2.05, 4.69) is 10.2 Å². The van der Waals surface area contributed by atoms with Crippen LogP contribution in [0.2, 0.25) is 0 Å². The first-order valence-electron chi connectivity index (χ1n) is 11.3. The fraction of sp³-hybridized carbons (Fsp3) is 0.440. The molecule has 2 aromatic rings. The second kappa shape index (κ2) is 10.4. The normalized spacial score (nSPS) is 19.0. The highest BCUT2D eigenvalue weighted by atomic mass is 16.3. The summed E-state index contributed by atoms with van der Waals surface area (Å²) in [6.07, 6.45) is 8.98. The second-order valence-corrected chi connectivity index (χ2v) is 8.41. The first-order chi connectivity index (χ1) is 15.2. The Balaban J connectivity index is 1.17. The lowest BCUT2D eigenvalue weighted by Gasteiger charge is -2.41. The van der Waals surface area contributed by atoms with E-state index in [1.807, 2.05) is 53.4 Å². The minimum atomic E-state index is 0.0796. The predicted molar refractivity (Wildman–Crippen MR) is 120 cm³/mol. The molecule has 2 aliphatic heterocycles. The number of nitrogens with zero attached hydrogens (tertiary/aromatic N) is 2. The van der Waals surface area contributed by atoms with E-state index in [0.717, 1.165) is 63.2 Å². The zero-order valence-electron chi connectivity index (χ0n) is 17.9. The van der Waals surface area contributed by atoms with Gasteiger partial charge in [0.05, 0.1) is 12.8 Å². The van der Waals surface area contributed by atoms with Crippen LogP contribution in [0.4, 0.5) is 0 Å². The minimum absolute atomic E-state index is 0.0796. The minimum Gasteiger partial charge on any atom is -0.467 e. The number of carbonyl (C=O) groups excluding carboxylic acids is 2. The van der Waals surface area contributed by atoms with Gasteiger partial charge in [-0.05, 0) is 62.5 Å². The van der Waals surface area contributed by atoms with Crippen LogP contribution < -0.4 is 5.32 Å². The smallest absolute Gasteiger partial charge is 0.246 e. The highest BCUT2D eigenvalue weighted by Gasteiger charge is 2.31. The van der Waals surface area contributed by atoms with E-state index in [1.165, 1.54) is 0 Å². The van der Waals surface area contributed by atoms with Gasteiger partial charge in [-0.1, -0.05) is 30.3 Å². The van der Waals surface area contributed by atoms with E-state index in [1.54, 1.807) is 12.3 Å². The summed E-state index contributed by atoms with van der Waals surface area (Å²) in [5, 5.41) is 2.99. The largest absolute Gasteiger partial charge is 0.467 e. The average molecular weight is 422 g/mol. The van der Waals surface area contributed by atoms with Gasteiger partial charge in [0.25, 0.3) is 0 Å². The van der Waals surface area contributed by atoms with Gasteiger partial charge in [-0.3, -0.25) is 9.59 Å². The summed E-state index contributed by atoms with van der Waals surface area (Å²) in [4.78, 5) is 29.4. The summed E-state index contributed by atoms with van der Waals surface area (Å²) in [7, 11) is 0. The molecule has 6 nitrogen and oxygen atoms in total. The SMILES string of the molecule is O=C(NCc1ccco1)C1CCN(C2CCN(C(=O)/C=C/c3ccccc3)CC2)CC1. The molecule has 3 heterocycles. The molecule has 0 bridgehead atoms. The molecule has 31 heavy (non-hydrogen) atoms. The molecule has 0 saturated carbocycles. The first-order valence-corrected chi connectivity index (χ1v) is 11.3. The Hall–Kier alpha value is -2.86. The van der Waals surface area contributed by atoms with Crippen molar-refractivity contribution in [1.29, 1.82) is 0 Å². The Bertz CT molecular complexity index is 863. The molecule has 2 fully saturated rings. The molecule has 2 aliphatic rings. The van der Waals surface area contributed by atoms with Gasteiger partial charge in [-0.15, -0.1) is 0 Å². The predicted octanol–water partition coefficient (Wildman–Crippen LogP) is 3.31. The van der Waals surface area contributed by atoms with Gasteiger partial charge in [-0.2, -0.15) is 0 Å². The number of hydrogen-bond acceptors (Lipinski definition) is 4. The molecule has 0 atom stereocenters. The van der Waals surface area contributed by atoms with Crippen LogP contribution in [0.3, 0.4) is 0 Å². The van der Waals surface area contributed by atoms with Gasteiger partial charge in [0.15, 0.2) is 0 Å². The molecule has 0 spiro atoms. The number of benzene rings is 1. The van der Waals surface area contributed by atoms with Gasteiger partial charge in [0.2, 0.25) is 11.8 Å². The Morgan fingerprint density at radius 3 is 2.39 bits per heavy atom. The highest BCUT2D eigenvalue weighted by molar-refractivity contribution is 5.91. The Morgan fingerprint density at radius 2 is 1.71 bits per heavy atom. The number of rotatable bonds is 6. The summed E-state index contributed by atoms with van der Waals surface area (Å²) < 4.78 is 5.28. The summed E-state index contributed by atoms with van der Waals surface area (Å²) >= 11 is 0. The third-order valence-corrected chi connectivity index (χ3v) is 6.43. The first kappa shape index (κ1) is 21.4. The topological polar surface area (TPSA) is 65.8 Å². The Kier molecular flexibility index (Phi) is 7.20. The van der Waals surface area contributed by atoms with E-state index in [0.29, 0.717) is 12.6 Å². The highest BCUT2D eigenvalue weighted by Crippen LogP contribution is 2.24. The summed E-state index contributed by atoms with van der Waals surface area (Å²) in [5.74, 6) is 1.08. The lowest BCUT2D eigenvalue weighted by molar-refractivity contribution is -0.129. The van der Waals surface area contributed by atoms with Crippen molar-refractivity contribution < 1.29 is 14.0 Å². The van der Waals surface area contributed by atoms with Crippen LogP contribution in [0, 0.1) is 5.92 Å². The molecule has 1 aromatic heterocycles. The molecular formula is C25H31N3O3. The Labute approximate surface area is 183 Å². The number of piperidine rings is 2. The molecule has 1 N–H and O–H groups in total. The van der Waals surface area contributed by atoms with Gasteiger partial charge in [0, 0.05) is 31.1 Å². The third-order valence-electron chi connectivity index (χ3n) is 6.43. The zero-order chi connectivity index (χ0) is 21.5. The van der Waals surface area contributed by atoms with Crippen LogP contribution >= 0.6 is 0 Å². The average Bonchev–Trinajstić information content (AvgIpc) is 3.36. The number of hydrogen-bond donors (Lipinski definition) is 1. The lowest BCUT2D eigenvalue weighted by Crippen LogP contribution is -2.50. The molecule has 0 unspecified atom stereocenters. The fourth-order valence-electron chi connectivity index (χ4n) is 4.55. The summed E-state index contributed by atoms with van der Waals surface area (Å²) in [6, 6.07) is 14.1. The maximum absolute atomic E-state index is 12.5. The number of amides is 2. The zero-order valence-corrected chi connectivity index (χ0v) is 17.9. The van der Waals surface area contributed by atoms with E-state index >= 15 is 0 Å². The van der Waals surface area contributed by atoms with E-state index in [-0.39, 0.29) is 17.7 Å². The van der Waals surface area contributed by atoms with Gasteiger partial charge >= 0.3 is 0 Å². The monoisotopic (exact) mass is 421 g/mol. The summed E-state index contributed by atoms with van der Waals surface area (Å²) in [6.45, 7) is 3.95. The van der Waals surface area contributed by atoms with Crippen molar-refractivity contribution in [3.8, 4) is 0 Å². The molecular weight excluding hydrogens is 390 g/mol. The number of furan rings is 1. The van der Waals surface area contributed by atoms with Crippen LogP contribution in [-0.4, -0.2) is 53.8 Å². The summed E-state index contributed by atoms with van der Waals surface area (Å²) in [5.41, 5.74) is 1.04. The quantitative estimate of drug-likeness (QED) is 0.727. The van der Waals surface area contributed by atoms with Gasteiger partial charge in [0.1, 0.15) is 5.76 Å². The fourth-order valence-corrected chi connectivity index (χ4v) is 4.55. The number of nitrogens with one attached hydrogen (secondary N) is 1. The van der Waals surface area contributed by atoms with Crippen LogP contribution in [0.15, 0.2) is 59.2 Å². The van der Waals surface area contributed by atoms with E-state index in [9.17, 15) is 9.59 Å². The maximum atomic E-state index is 12.5. The molecule has 1 aromatic carbocycles. The van der Waals surface area contributed by atoms with Crippen molar-refractivity contribution in [2.75, 3.05) is 26.2 Å². The van der Waals surface area contributed by atoms with Crippen LogP contribution in [0.5, 0.6) is 0 Å². The van der Waals surface area contributed by atoms with Crippen molar-refractivity contribution in [2.24, 2.45) is 5.92 Å². The second-order valence-electron chi connectivity index (χ2n) is 8.41. The van der Waals surface area contributed by atoms with Crippen molar-refractivity contribution in [3.63, 3.8) is 0 Å². The third kappa shape index (κ3) is 5.85. The maximum Gasteiger partial charge on any atom is 0.246 e. The Morgan fingerprint density at radius 1 is 0.968 bits per heavy atom. The standard InChI is InChI=1S/C25H31N3O3/c29-24(9-8-20-5-2-1-3-6-20)28-16-12-22(13-17-28)27-14-10-21(11-15-27)25(30)26-19-23-7-4-18-31-23/h1-9,18,21-22H,10-17,19H2,(H,26,30)/b9-8+. The van der Waals surface area contributed by atoms with Crippen molar-refractivity contribution in [3.05, 3.63) is 66.1 Å². The molecule has 0 aliphatic carbocycles. The molecule has 6 heteroatoms. The van der Waals surface area contributed by atoms with Crippen molar-refractivity contribution in [1.82, 2.24) is 15.1 Å². The number of likely N-dealkylation sites (tertiary alicyclic amines) is 2. The molecule has 0 radical (unpaired) electrons. The van der Waals surface area contributed by atoms with Crippen LogP contribution in [0.25, 0.3) is 6.08 Å². The van der Waals surface area contributed by atoms with Crippen molar-refractivity contribution >= 4 is 17.9 Å². The van der Waals surface area contributed by atoms with E-state index < -0.39 is 0 Å². The van der Waals surface area contributed by atoms with Gasteiger partial charge < -0.3 is 19.5 Å².